The molecule has 7 heteroatoms. The van der Waals surface area contributed by atoms with E-state index in [2.05, 4.69) is 32.0 Å². The molecule has 0 radical (unpaired) electrons. The third-order valence-corrected chi connectivity index (χ3v) is 3.92. The molecule has 2 aromatic heterocycles. The number of methoxy groups -OCH3 is 1. The average molecular weight is 320 g/mol. The quantitative estimate of drug-likeness (QED) is 0.858. The molecule has 2 heterocycles. The fourth-order valence-corrected chi connectivity index (χ4v) is 2.77. The lowest BCUT2D eigenvalue weighted by molar-refractivity contribution is 0.243. The summed E-state index contributed by atoms with van der Waals surface area (Å²) in [7, 11) is 5.50. The summed E-state index contributed by atoms with van der Waals surface area (Å²) >= 11 is 1.65. The number of hydrogen-bond acceptors (Lipinski definition) is 5. The summed E-state index contributed by atoms with van der Waals surface area (Å²) in [6.45, 7) is 0.512. The van der Waals surface area contributed by atoms with Crippen molar-refractivity contribution in [3.63, 3.8) is 0 Å². The third kappa shape index (κ3) is 4.19. The topological polar surface area (TPSA) is 66.5 Å². The first-order chi connectivity index (χ1) is 10.6. The van der Waals surface area contributed by atoms with Crippen molar-refractivity contribution in [1.29, 1.82) is 0 Å². The van der Waals surface area contributed by atoms with Crippen LogP contribution in [0.15, 0.2) is 35.2 Å². The standard InChI is InChI=1S/C15H20N4O2S/c1-19(2)13(11-6-8-22-10-11)9-17-15(20)18-12-5-4-7-16-14(12)21-3/h4-8,10,13H,9H2,1-3H3,(H2,17,18,20). The van der Waals surface area contributed by atoms with E-state index in [1.54, 1.807) is 29.7 Å². The second-order valence-corrected chi connectivity index (χ2v) is 5.71. The first kappa shape index (κ1) is 16.3. The monoisotopic (exact) mass is 320 g/mol. The Morgan fingerprint density at radius 1 is 1.45 bits per heavy atom. The molecule has 6 nitrogen and oxygen atoms in total. The minimum Gasteiger partial charge on any atom is -0.480 e. The van der Waals surface area contributed by atoms with E-state index in [0.29, 0.717) is 18.1 Å². The Morgan fingerprint density at radius 2 is 2.27 bits per heavy atom. The van der Waals surface area contributed by atoms with E-state index in [1.807, 2.05) is 19.5 Å². The van der Waals surface area contributed by atoms with Gasteiger partial charge in [0.2, 0.25) is 5.88 Å². The minimum absolute atomic E-state index is 0.132. The number of likely N-dealkylation sites (N-methyl/N-ethyl adjacent to an activating group) is 1. The van der Waals surface area contributed by atoms with Gasteiger partial charge in [0.05, 0.1) is 13.2 Å². The van der Waals surface area contributed by atoms with Gasteiger partial charge in [-0.3, -0.25) is 0 Å². The van der Waals surface area contributed by atoms with Crippen molar-refractivity contribution < 1.29 is 9.53 Å². The van der Waals surface area contributed by atoms with Crippen LogP contribution in [0.1, 0.15) is 11.6 Å². The van der Waals surface area contributed by atoms with Crippen molar-refractivity contribution in [3.8, 4) is 5.88 Å². The second kappa shape index (κ2) is 7.77. The summed E-state index contributed by atoms with van der Waals surface area (Å²) in [5.74, 6) is 0.389. The maximum Gasteiger partial charge on any atom is 0.319 e. The molecule has 1 unspecified atom stereocenters. The lowest BCUT2D eigenvalue weighted by Crippen LogP contribution is -2.36. The number of carbonyl (C=O) groups excluding carboxylic acids is 1. The van der Waals surface area contributed by atoms with E-state index in [9.17, 15) is 4.79 Å². The summed E-state index contributed by atoms with van der Waals surface area (Å²) in [5.41, 5.74) is 1.73. The van der Waals surface area contributed by atoms with Crippen LogP contribution in [-0.2, 0) is 0 Å². The highest BCUT2D eigenvalue weighted by atomic mass is 32.1. The van der Waals surface area contributed by atoms with Crippen LogP contribution in [0.5, 0.6) is 5.88 Å². The number of nitrogens with one attached hydrogen (secondary N) is 2. The molecular formula is C15H20N4O2S. The Labute approximate surface area is 134 Å². The highest BCUT2D eigenvalue weighted by Gasteiger charge is 2.16. The van der Waals surface area contributed by atoms with Gasteiger partial charge in [-0.05, 0) is 48.6 Å². The zero-order valence-corrected chi connectivity index (χ0v) is 13.7. The summed E-state index contributed by atoms with van der Waals surface area (Å²) in [5, 5.41) is 9.76. The SMILES string of the molecule is COc1ncccc1NC(=O)NCC(c1ccsc1)N(C)C. The molecule has 0 aromatic carbocycles. The second-order valence-electron chi connectivity index (χ2n) is 4.93. The Bertz CT molecular complexity index is 601. The highest BCUT2D eigenvalue weighted by molar-refractivity contribution is 7.07. The molecule has 2 amide bonds. The van der Waals surface area contributed by atoms with Gasteiger partial charge in [0.25, 0.3) is 0 Å². The number of ether oxygens (including phenoxy) is 1. The summed E-state index contributed by atoms with van der Waals surface area (Å²) in [6.07, 6.45) is 1.61. The lowest BCUT2D eigenvalue weighted by atomic mass is 10.1. The molecule has 1 atom stereocenters. The van der Waals surface area contributed by atoms with Crippen LogP contribution in [0, 0.1) is 0 Å². The molecule has 22 heavy (non-hydrogen) atoms. The predicted octanol–water partition coefficient (Wildman–Crippen LogP) is 2.58. The number of nitrogens with zero attached hydrogens (tertiary/aromatic N) is 2. The molecule has 0 fully saturated rings. The number of rotatable bonds is 6. The average Bonchev–Trinajstić information content (AvgIpc) is 3.01. The van der Waals surface area contributed by atoms with Crippen LogP contribution in [-0.4, -0.2) is 43.7 Å². The van der Waals surface area contributed by atoms with Gasteiger partial charge in [-0.25, -0.2) is 9.78 Å². The molecule has 0 aliphatic heterocycles. The zero-order chi connectivity index (χ0) is 15.9. The Balaban J connectivity index is 1.94. The minimum atomic E-state index is -0.284. The van der Waals surface area contributed by atoms with Crippen molar-refractivity contribution in [1.82, 2.24) is 15.2 Å². The number of aromatic nitrogens is 1. The van der Waals surface area contributed by atoms with Gasteiger partial charge in [-0.2, -0.15) is 11.3 Å². The van der Waals surface area contributed by atoms with Crippen molar-refractivity contribution in [2.75, 3.05) is 33.1 Å². The number of pyridine rings is 1. The molecule has 0 spiro atoms. The number of hydrogen-bond donors (Lipinski definition) is 2. The largest absolute Gasteiger partial charge is 0.480 e. The van der Waals surface area contributed by atoms with Gasteiger partial charge in [-0.15, -0.1) is 0 Å². The number of thiophene rings is 1. The molecule has 0 saturated heterocycles. The number of anilines is 1. The number of carbonyl (C=O) groups is 1. The molecule has 2 rings (SSSR count). The van der Waals surface area contributed by atoms with E-state index in [0.717, 1.165) is 0 Å². The molecule has 0 bridgehead atoms. The Morgan fingerprint density at radius 3 is 2.91 bits per heavy atom. The first-order valence-corrected chi connectivity index (χ1v) is 7.78. The Hall–Kier alpha value is -2.12. The normalized spacial score (nSPS) is 12.0. The van der Waals surface area contributed by atoms with E-state index in [-0.39, 0.29) is 12.1 Å². The fourth-order valence-electron chi connectivity index (χ4n) is 2.07. The summed E-state index contributed by atoms with van der Waals surface area (Å²) in [4.78, 5) is 18.2. The van der Waals surface area contributed by atoms with E-state index in [4.69, 9.17) is 4.74 Å². The first-order valence-electron chi connectivity index (χ1n) is 6.84. The van der Waals surface area contributed by atoms with E-state index in [1.165, 1.54) is 12.7 Å². The van der Waals surface area contributed by atoms with Gasteiger partial charge >= 0.3 is 6.03 Å². The van der Waals surface area contributed by atoms with Crippen LogP contribution in [0.4, 0.5) is 10.5 Å². The Kier molecular flexibility index (Phi) is 5.74. The van der Waals surface area contributed by atoms with Crippen molar-refractivity contribution >= 4 is 23.1 Å². The molecule has 0 saturated carbocycles. The maximum absolute atomic E-state index is 12.1. The molecule has 118 valence electrons. The molecule has 2 N–H and O–H groups in total. The van der Waals surface area contributed by atoms with Gasteiger partial charge in [0.15, 0.2) is 0 Å². The molecule has 2 aromatic rings. The third-order valence-electron chi connectivity index (χ3n) is 3.22. The van der Waals surface area contributed by atoms with Crippen LogP contribution in [0.3, 0.4) is 0 Å². The molecule has 0 aliphatic carbocycles. The van der Waals surface area contributed by atoms with Gasteiger partial charge in [0.1, 0.15) is 5.69 Å². The van der Waals surface area contributed by atoms with Crippen LogP contribution in [0.2, 0.25) is 0 Å². The highest BCUT2D eigenvalue weighted by Crippen LogP contribution is 2.21. The zero-order valence-electron chi connectivity index (χ0n) is 12.9. The van der Waals surface area contributed by atoms with Crippen molar-refractivity contribution in [3.05, 3.63) is 40.7 Å². The summed E-state index contributed by atoms with van der Waals surface area (Å²) in [6, 6.07) is 5.40. The van der Waals surface area contributed by atoms with Crippen LogP contribution < -0.4 is 15.4 Å². The van der Waals surface area contributed by atoms with E-state index < -0.39 is 0 Å². The van der Waals surface area contributed by atoms with Crippen LogP contribution in [0.25, 0.3) is 0 Å². The molecular weight excluding hydrogens is 300 g/mol. The van der Waals surface area contributed by atoms with Gasteiger partial charge < -0.3 is 20.3 Å². The van der Waals surface area contributed by atoms with Crippen molar-refractivity contribution in [2.24, 2.45) is 0 Å². The predicted molar refractivity (Wildman–Crippen MR) is 88.6 cm³/mol. The number of urea groups is 1. The maximum atomic E-state index is 12.1. The van der Waals surface area contributed by atoms with Crippen molar-refractivity contribution in [2.45, 2.75) is 6.04 Å². The van der Waals surface area contributed by atoms with Gasteiger partial charge in [0, 0.05) is 12.7 Å². The van der Waals surface area contributed by atoms with E-state index >= 15 is 0 Å². The smallest absolute Gasteiger partial charge is 0.319 e. The fraction of sp³-hybridized carbons (Fsp3) is 0.333. The molecule has 0 aliphatic rings. The van der Waals surface area contributed by atoms with Crippen LogP contribution >= 0.6 is 11.3 Å². The van der Waals surface area contributed by atoms with Gasteiger partial charge in [-0.1, -0.05) is 0 Å². The lowest BCUT2D eigenvalue weighted by Gasteiger charge is -2.24. The number of amides is 2. The summed E-state index contributed by atoms with van der Waals surface area (Å²) < 4.78 is 5.11.